The van der Waals surface area contributed by atoms with Crippen molar-refractivity contribution < 1.29 is 0 Å². The van der Waals surface area contributed by atoms with E-state index in [9.17, 15) is 0 Å². The third-order valence-corrected chi connectivity index (χ3v) is 7.39. The number of rotatable bonds is 4. The van der Waals surface area contributed by atoms with Gasteiger partial charge in [0, 0.05) is 43.1 Å². The van der Waals surface area contributed by atoms with Crippen LogP contribution in [0.25, 0.3) is 0 Å². The third-order valence-electron chi connectivity index (χ3n) is 7.39. The number of fused-ring (bicyclic) bond motifs is 2. The van der Waals surface area contributed by atoms with E-state index >= 15 is 0 Å². The van der Waals surface area contributed by atoms with Crippen molar-refractivity contribution in [3.05, 3.63) is 18.3 Å². The first kappa shape index (κ1) is 16.2. The maximum Gasteiger partial charge on any atom is 0.128 e. The Morgan fingerprint density at radius 3 is 2.79 bits per heavy atom. The Morgan fingerprint density at radius 2 is 2.12 bits per heavy atom. The topological polar surface area (TPSA) is 40.2 Å². The van der Waals surface area contributed by atoms with Crippen LogP contribution >= 0.6 is 0 Å². The van der Waals surface area contributed by atoms with Gasteiger partial charge in [-0.15, -0.1) is 0 Å². The summed E-state index contributed by atoms with van der Waals surface area (Å²) in [6.45, 7) is 9.58. The molecule has 0 unspecified atom stereocenters. The second-order valence-electron chi connectivity index (χ2n) is 8.83. The van der Waals surface area contributed by atoms with Crippen LogP contribution in [0.2, 0.25) is 0 Å². The number of nitrogens with one attached hydrogen (secondary N) is 2. The number of likely N-dealkylation sites (N-methyl/N-ethyl adjacent to an activating group) is 1. The summed E-state index contributed by atoms with van der Waals surface area (Å²) < 4.78 is 0. The largest absolute Gasteiger partial charge is 0.370 e. The number of nitrogens with zero attached hydrogens (tertiary/aromatic N) is 2. The SMILES string of the molecule is CN[C@@H]1CCN(c2ccnc(N[C@@H]3C[C@H]4C[C@@H]([C@H]3C)C4(C)C)c2)C1. The molecule has 1 aromatic rings. The van der Waals surface area contributed by atoms with Crippen molar-refractivity contribution in [1.29, 1.82) is 0 Å². The van der Waals surface area contributed by atoms with Gasteiger partial charge in [-0.3, -0.25) is 0 Å². The van der Waals surface area contributed by atoms with E-state index < -0.39 is 0 Å². The molecular formula is C20H32N4. The monoisotopic (exact) mass is 328 g/mol. The Bertz CT molecular complexity index is 599. The molecule has 0 aromatic carbocycles. The highest BCUT2D eigenvalue weighted by atomic mass is 15.2. The lowest BCUT2D eigenvalue weighted by Crippen LogP contribution is -2.58. The minimum absolute atomic E-state index is 0.546. The predicted molar refractivity (Wildman–Crippen MR) is 100 cm³/mol. The third kappa shape index (κ3) is 2.59. The van der Waals surface area contributed by atoms with Crippen LogP contribution in [0.4, 0.5) is 11.5 Å². The van der Waals surface area contributed by atoms with Crippen molar-refractivity contribution in [2.45, 2.75) is 52.1 Å². The summed E-state index contributed by atoms with van der Waals surface area (Å²) in [5, 5.41) is 7.16. The highest BCUT2D eigenvalue weighted by Gasteiger charge is 2.56. The van der Waals surface area contributed by atoms with Crippen molar-refractivity contribution in [2.75, 3.05) is 30.4 Å². The minimum Gasteiger partial charge on any atom is -0.370 e. The number of hydrogen-bond donors (Lipinski definition) is 2. The molecule has 24 heavy (non-hydrogen) atoms. The van der Waals surface area contributed by atoms with Gasteiger partial charge in [-0.2, -0.15) is 0 Å². The summed E-state index contributed by atoms with van der Waals surface area (Å²) in [6, 6.07) is 5.58. The first-order chi connectivity index (χ1) is 11.5. The molecular weight excluding hydrogens is 296 g/mol. The fourth-order valence-corrected chi connectivity index (χ4v) is 5.46. The van der Waals surface area contributed by atoms with Gasteiger partial charge in [0.25, 0.3) is 0 Å². The molecule has 1 saturated heterocycles. The molecule has 132 valence electrons. The van der Waals surface area contributed by atoms with E-state index in [0.717, 1.165) is 36.7 Å². The predicted octanol–water partition coefficient (Wildman–Crippen LogP) is 3.36. The quantitative estimate of drug-likeness (QED) is 0.889. The molecule has 0 radical (unpaired) electrons. The van der Waals surface area contributed by atoms with E-state index in [1.807, 2.05) is 6.20 Å². The Hall–Kier alpha value is -1.29. The van der Waals surface area contributed by atoms with Crippen LogP contribution in [0.1, 0.15) is 40.0 Å². The highest BCUT2D eigenvalue weighted by Crippen LogP contribution is 2.61. The molecule has 4 aliphatic rings. The molecule has 2 heterocycles. The molecule has 1 aromatic heterocycles. The maximum absolute atomic E-state index is 4.60. The fraction of sp³-hybridized carbons (Fsp3) is 0.750. The zero-order valence-corrected chi connectivity index (χ0v) is 15.5. The summed E-state index contributed by atoms with van der Waals surface area (Å²) in [4.78, 5) is 7.07. The van der Waals surface area contributed by atoms with Gasteiger partial charge in [0.15, 0.2) is 0 Å². The van der Waals surface area contributed by atoms with Gasteiger partial charge in [0.1, 0.15) is 5.82 Å². The molecule has 4 fully saturated rings. The van der Waals surface area contributed by atoms with Crippen LogP contribution in [0.5, 0.6) is 0 Å². The summed E-state index contributed by atoms with van der Waals surface area (Å²) in [6.07, 6.45) is 5.91. The molecule has 5 rings (SSSR count). The van der Waals surface area contributed by atoms with E-state index in [2.05, 4.69) is 60.5 Å². The van der Waals surface area contributed by atoms with Crippen molar-refractivity contribution in [1.82, 2.24) is 10.3 Å². The second kappa shape index (κ2) is 5.91. The zero-order valence-electron chi connectivity index (χ0n) is 15.5. The van der Waals surface area contributed by atoms with Crippen LogP contribution in [-0.2, 0) is 0 Å². The first-order valence-corrected chi connectivity index (χ1v) is 9.64. The number of hydrogen-bond acceptors (Lipinski definition) is 4. The Balaban J connectivity index is 1.44. The first-order valence-electron chi connectivity index (χ1n) is 9.64. The van der Waals surface area contributed by atoms with Crippen LogP contribution in [-0.4, -0.2) is 37.2 Å². The van der Waals surface area contributed by atoms with Gasteiger partial charge in [-0.1, -0.05) is 20.8 Å². The number of anilines is 2. The second-order valence-corrected chi connectivity index (χ2v) is 8.83. The zero-order chi connectivity index (χ0) is 16.9. The average molecular weight is 329 g/mol. The van der Waals surface area contributed by atoms with Crippen LogP contribution < -0.4 is 15.5 Å². The number of pyridine rings is 1. The molecule has 3 aliphatic carbocycles. The number of aromatic nitrogens is 1. The van der Waals surface area contributed by atoms with Crippen molar-refractivity contribution in [3.63, 3.8) is 0 Å². The fourth-order valence-electron chi connectivity index (χ4n) is 5.46. The maximum atomic E-state index is 4.60. The molecule has 2 N–H and O–H groups in total. The Kier molecular flexibility index (Phi) is 3.98. The van der Waals surface area contributed by atoms with Gasteiger partial charge in [0.05, 0.1) is 0 Å². The van der Waals surface area contributed by atoms with Gasteiger partial charge in [-0.25, -0.2) is 4.98 Å². The lowest BCUT2D eigenvalue weighted by Gasteiger charge is -2.62. The summed E-state index contributed by atoms with van der Waals surface area (Å²) in [5.74, 6) is 3.54. The van der Waals surface area contributed by atoms with E-state index in [0.29, 0.717) is 17.5 Å². The molecule has 4 heteroatoms. The summed E-state index contributed by atoms with van der Waals surface area (Å²) in [7, 11) is 2.06. The van der Waals surface area contributed by atoms with Crippen LogP contribution in [0.15, 0.2) is 18.3 Å². The molecule has 5 atom stereocenters. The van der Waals surface area contributed by atoms with Crippen molar-refractivity contribution in [2.24, 2.45) is 23.2 Å². The normalized spacial score (nSPS) is 37.2. The Labute approximate surface area is 146 Å². The van der Waals surface area contributed by atoms with E-state index in [-0.39, 0.29) is 0 Å². The van der Waals surface area contributed by atoms with E-state index in [4.69, 9.17) is 0 Å². The van der Waals surface area contributed by atoms with Crippen LogP contribution in [0.3, 0.4) is 0 Å². The van der Waals surface area contributed by atoms with Gasteiger partial charge in [-0.05, 0) is 55.5 Å². The molecule has 0 spiro atoms. The van der Waals surface area contributed by atoms with Crippen LogP contribution in [0, 0.1) is 23.2 Å². The van der Waals surface area contributed by atoms with Crippen molar-refractivity contribution in [3.8, 4) is 0 Å². The van der Waals surface area contributed by atoms with Gasteiger partial charge in [0.2, 0.25) is 0 Å². The lowest BCUT2D eigenvalue weighted by molar-refractivity contribution is -0.105. The lowest BCUT2D eigenvalue weighted by atomic mass is 9.45. The molecule has 0 amide bonds. The van der Waals surface area contributed by atoms with E-state index in [1.165, 1.54) is 24.9 Å². The molecule has 1 aliphatic heterocycles. The average Bonchev–Trinajstić information content (AvgIpc) is 3.05. The Morgan fingerprint density at radius 1 is 1.29 bits per heavy atom. The highest BCUT2D eigenvalue weighted by molar-refractivity contribution is 5.55. The molecule has 2 bridgehead atoms. The smallest absolute Gasteiger partial charge is 0.128 e. The van der Waals surface area contributed by atoms with Gasteiger partial charge >= 0.3 is 0 Å². The summed E-state index contributed by atoms with van der Waals surface area (Å²) >= 11 is 0. The van der Waals surface area contributed by atoms with Crippen molar-refractivity contribution >= 4 is 11.5 Å². The van der Waals surface area contributed by atoms with E-state index in [1.54, 1.807) is 0 Å². The minimum atomic E-state index is 0.546. The van der Waals surface area contributed by atoms with Gasteiger partial charge < -0.3 is 15.5 Å². The molecule has 4 nitrogen and oxygen atoms in total. The molecule has 3 saturated carbocycles. The summed E-state index contributed by atoms with van der Waals surface area (Å²) in [5.41, 5.74) is 1.85. The standard InChI is InChI=1S/C20H32N4/c1-13-17-9-14(20(17,2)3)10-18(13)23-19-11-16(5-7-22-19)24-8-6-15(12-24)21-4/h5,7,11,13-15,17-18,21H,6,8-10,12H2,1-4H3,(H,22,23)/t13-,14-,15-,17+,18-/m1/s1.